The molecule has 1 amide bonds. The van der Waals surface area contributed by atoms with Crippen molar-refractivity contribution in [1.82, 2.24) is 0 Å². The maximum Gasteiger partial charge on any atom is 0.264 e. The van der Waals surface area contributed by atoms with Crippen LogP contribution < -0.4 is 14.4 Å². The zero-order valence-corrected chi connectivity index (χ0v) is 18.4. The van der Waals surface area contributed by atoms with Crippen LogP contribution in [0.4, 0.5) is 5.69 Å². The van der Waals surface area contributed by atoms with Gasteiger partial charge in [0.05, 0.1) is 38.4 Å². The molecule has 1 aliphatic rings. The molecular formula is C25H22ClNO5. The van der Waals surface area contributed by atoms with Crippen LogP contribution in [0.2, 0.25) is 5.02 Å². The van der Waals surface area contributed by atoms with E-state index in [1.807, 2.05) is 30.3 Å². The largest absolute Gasteiger partial charge is 0.497 e. The van der Waals surface area contributed by atoms with Crippen molar-refractivity contribution in [1.29, 1.82) is 0 Å². The van der Waals surface area contributed by atoms with Crippen LogP contribution in [-0.2, 0) is 16.9 Å². The van der Waals surface area contributed by atoms with Crippen LogP contribution in [0, 0.1) is 0 Å². The van der Waals surface area contributed by atoms with E-state index in [4.69, 9.17) is 21.1 Å². The van der Waals surface area contributed by atoms with E-state index in [1.54, 1.807) is 30.3 Å². The molecule has 7 heteroatoms. The number of anilines is 1. The molecule has 0 fully saturated rings. The highest BCUT2D eigenvalue weighted by molar-refractivity contribution is 6.31. The molecule has 3 aromatic rings. The van der Waals surface area contributed by atoms with Gasteiger partial charge in [0.2, 0.25) is 0 Å². The van der Waals surface area contributed by atoms with Crippen LogP contribution in [0.25, 0.3) is 0 Å². The summed E-state index contributed by atoms with van der Waals surface area (Å²) in [6.07, 6.45) is -0.451. The number of rotatable bonds is 7. The number of nitrogens with zero attached hydrogens (tertiary/aromatic N) is 1. The van der Waals surface area contributed by atoms with Crippen molar-refractivity contribution in [2.45, 2.75) is 18.6 Å². The Morgan fingerprint density at radius 1 is 1.03 bits per heavy atom. The van der Waals surface area contributed by atoms with Crippen LogP contribution in [0.1, 0.15) is 27.9 Å². The van der Waals surface area contributed by atoms with Gasteiger partial charge < -0.3 is 19.5 Å². The van der Waals surface area contributed by atoms with Gasteiger partial charge in [-0.05, 0) is 35.9 Å². The molecule has 0 unspecified atom stereocenters. The average molecular weight is 452 g/mol. The number of fused-ring (bicyclic) bond motifs is 1. The minimum atomic E-state index is -2.04. The number of benzene rings is 3. The van der Waals surface area contributed by atoms with Gasteiger partial charge in [0.25, 0.3) is 5.91 Å². The van der Waals surface area contributed by atoms with Gasteiger partial charge in [0.1, 0.15) is 11.5 Å². The quantitative estimate of drug-likeness (QED) is 0.540. The molecule has 1 N–H and O–H groups in total. The third-order valence-electron chi connectivity index (χ3n) is 5.60. The first-order chi connectivity index (χ1) is 15.4. The Kier molecular flexibility index (Phi) is 5.91. The number of ether oxygens (including phenoxy) is 2. The van der Waals surface area contributed by atoms with Crippen LogP contribution in [0.15, 0.2) is 66.7 Å². The van der Waals surface area contributed by atoms with Gasteiger partial charge in [-0.1, -0.05) is 41.9 Å². The van der Waals surface area contributed by atoms with E-state index in [0.29, 0.717) is 27.8 Å². The van der Waals surface area contributed by atoms with E-state index < -0.39 is 23.7 Å². The molecule has 0 aromatic heterocycles. The highest BCUT2D eigenvalue weighted by Gasteiger charge is 2.51. The van der Waals surface area contributed by atoms with Crippen molar-refractivity contribution in [3.05, 3.63) is 88.4 Å². The van der Waals surface area contributed by atoms with Crippen molar-refractivity contribution in [2.75, 3.05) is 19.1 Å². The lowest BCUT2D eigenvalue weighted by atomic mass is 9.88. The van der Waals surface area contributed by atoms with Crippen LogP contribution in [0.5, 0.6) is 11.5 Å². The fourth-order valence-electron chi connectivity index (χ4n) is 3.97. The van der Waals surface area contributed by atoms with Crippen molar-refractivity contribution in [3.63, 3.8) is 0 Å². The topological polar surface area (TPSA) is 76.1 Å². The Bertz CT molecular complexity index is 1180. The third-order valence-corrected chi connectivity index (χ3v) is 5.84. The van der Waals surface area contributed by atoms with E-state index in [-0.39, 0.29) is 12.1 Å². The minimum Gasteiger partial charge on any atom is -0.497 e. The number of hydrogen-bond acceptors (Lipinski definition) is 5. The van der Waals surface area contributed by atoms with Crippen LogP contribution in [-0.4, -0.2) is 31.0 Å². The average Bonchev–Trinajstić information content (AvgIpc) is 3.00. The van der Waals surface area contributed by atoms with Gasteiger partial charge in [-0.2, -0.15) is 0 Å². The Hall–Kier alpha value is -3.35. The first-order valence-electron chi connectivity index (χ1n) is 10.0. The molecule has 6 nitrogen and oxygen atoms in total. The molecule has 0 saturated heterocycles. The molecule has 164 valence electrons. The number of hydrogen-bond donors (Lipinski definition) is 1. The molecule has 1 heterocycles. The van der Waals surface area contributed by atoms with Gasteiger partial charge >= 0.3 is 0 Å². The summed E-state index contributed by atoms with van der Waals surface area (Å²) >= 11 is 6.18. The normalized spacial score (nSPS) is 17.2. The lowest BCUT2D eigenvalue weighted by molar-refractivity contribution is -0.136. The first kappa shape index (κ1) is 21.9. The molecule has 1 atom stereocenters. The van der Waals surface area contributed by atoms with E-state index >= 15 is 0 Å². The van der Waals surface area contributed by atoms with E-state index in [0.717, 1.165) is 5.56 Å². The Morgan fingerprint density at radius 3 is 2.47 bits per heavy atom. The number of halogens is 1. The predicted molar refractivity (Wildman–Crippen MR) is 121 cm³/mol. The van der Waals surface area contributed by atoms with Crippen LogP contribution >= 0.6 is 11.6 Å². The zero-order valence-electron chi connectivity index (χ0n) is 17.7. The molecule has 0 radical (unpaired) electrons. The molecule has 1 aliphatic heterocycles. The zero-order chi connectivity index (χ0) is 22.9. The van der Waals surface area contributed by atoms with E-state index in [2.05, 4.69) is 0 Å². The standard InChI is InChI=1S/C25H22ClNO5/c1-31-18-9-10-19(23(13-18)32-2)22(28)14-25(30)20-12-17(26)8-11-21(20)27(24(25)29)15-16-6-4-3-5-7-16/h3-13,30H,14-15H2,1-2H3/t25-/m1/s1. The first-order valence-corrected chi connectivity index (χ1v) is 10.4. The Labute approximate surface area is 191 Å². The molecule has 0 saturated carbocycles. The lowest BCUT2D eigenvalue weighted by Gasteiger charge is -2.23. The number of carbonyl (C=O) groups is 2. The minimum absolute atomic E-state index is 0.250. The molecular weight excluding hydrogens is 430 g/mol. The lowest BCUT2D eigenvalue weighted by Crippen LogP contribution is -2.41. The smallest absolute Gasteiger partial charge is 0.264 e. The van der Waals surface area contributed by atoms with Gasteiger partial charge in [0.15, 0.2) is 11.4 Å². The van der Waals surface area contributed by atoms with E-state index in [1.165, 1.54) is 25.2 Å². The van der Waals surface area contributed by atoms with Gasteiger partial charge in [0, 0.05) is 16.7 Å². The van der Waals surface area contributed by atoms with Crippen molar-refractivity contribution in [3.8, 4) is 11.5 Å². The molecule has 0 aliphatic carbocycles. The highest BCUT2D eigenvalue weighted by atomic mass is 35.5. The van der Waals surface area contributed by atoms with Crippen molar-refractivity contribution >= 4 is 29.0 Å². The highest BCUT2D eigenvalue weighted by Crippen LogP contribution is 2.45. The molecule has 0 bridgehead atoms. The van der Waals surface area contributed by atoms with E-state index in [9.17, 15) is 14.7 Å². The number of carbonyl (C=O) groups excluding carboxylic acids is 2. The van der Waals surface area contributed by atoms with Gasteiger partial charge in [-0.15, -0.1) is 0 Å². The summed E-state index contributed by atoms with van der Waals surface area (Å²) in [6.45, 7) is 0.261. The third kappa shape index (κ3) is 3.83. The maximum atomic E-state index is 13.5. The fourth-order valence-corrected chi connectivity index (χ4v) is 4.15. The number of ketones is 1. The number of aliphatic hydroxyl groups is 1. The maximum absolute atomic E-state index is 13.5. The summed E-state index contributed by atoms with van der Waals surface area (Å²) < 4.78 is 10.5. The van der Waals surface area contributed by atoms with Crippen LogP contribution in [0.3, 0.4) is 0 Å². The Balaban J connectivity index is 1.71. The van der Waals surface area contributed by atoms with Gasteiger partial charge in [-0.25, -0.2) is 0 Å². The Morgan fingerprint density at radius 2 is 1.78 bits per heavy atom. The summed E-state index contributed by atoms with van der Waals surface area (Å²) in [5.41, 5.74) is -0.0578. The summed E-state index contributed by atoms with van der Waals surface area (Å²) in [4.78, 5) is 28.1. The fraction of sp³-hybridized carbons (Fsp3) is 0.200. The van der Waals surface area contributed by atoms with Crippen molar-refractivity contribution in [2.24, 2.45) is 0 Å². The SMILES string of the molecule is COc1ccc(C(=O)C[C@]2(O)C(=O)N(Cc3ccccc3)c3ccc(Cl)cc32)c(OC)c1. The summed E-state index contributed by atoms with van der Waals surface area (Å²) in [7, 11) is 2.95. The van der Waals surface area contributed by atoms with Gasteiger partial charge in [-0.3, -0.25) is 9.59 Å². The summed E-state index contributed by atoms with van der Waals surface area (Å²) in [5, 5.41) is 11.9. The second-order valence-corrected chi connectivity index (χ2v) is 8.00. The summed E-state index contributed by atoms with van der Waals surface area (Å²) in [5.74, 6) is -0.177. The van der Waals surface area contributed by atoms with Crippen molar-refractivity contribution < 1.29 is 24.2 Å². The molecule has 32 heavy (non-hydrogen) atoms. The molecule has 0 spiro atoms. The second-order valence-electron chi connectivity index (χ2n) is 7.56. The number of Topliss-reactive ketones (excluding diaryl/α,β-unsaturated/α-hetero) is 1. The number of methoxy groups -OCH3 is 2. The monoisotopic (exact) mass is 451 g/mol. The number of amides is 1. The molecule has 3 aromatic carbocycles. The summed E-state index contributed by atoms with van der Waals surface area (Å²) in [6, 6.07) is 19.1. The predicted octanol–water partition coefficient (Wildman–Crippen LogP) is 4.36. The molecule has 4 rings (SSSR count). The second kappa shape index (κ2) is 8.65.